The summed E-state index contributed by atoms with van der Waals surface area (Å²) in [4.78, 5) is 61.7. The number of rotatable bonds is 13. The van der Waals surface area contributed by atoms with Crippen molar-refractivity contribution in [2.45, 2.75) is 70.4 Å². The van der Waals surface area contributed by atoms with Gasteiger partial charge in [0.1, 0.15) is 24.6 Å². The molecular formula is C27H40N10O5. The maximum absolute atomic E-state index is 13.0. The molecule has 0 aliphatic rings. The van der Waals surface area contributed by atoms with Gasteiger partial charge in [-0.3, -0.25) is 13.7 Å². The van der Waals surface area contributed by atoms with Crippen molar-refractivity contribution >= 4 is 24.2 Å². The molecule has 0 radical (unpaired) electrons. The summed E-state index contributed by atoms with van der Waals surface area (Å²) >= 11 is 0. The first-order chi connectivity index (χ1) is 20.1. The van der Waals surface area contributed by atoms with Crippen LogP contribution in [0.4, 0.5) is 19.2 Å². The molecule has 3 aromatic heterocycles. The molecule has 228 valence electrons. The van der Waals surface area contributed by atoms with Crippen LogP contribution in [0.5, 0.6) is 0 Å². The number of hydrogen-bond acceptors (Lipinski definition) is 8. The lowest BCUT2D eigenvalue weighted by Crippen LogP contribution is -2.51. The topological polar surface area (TPSA) is 179 Å². The Hall–Kier alpha value is -4.69. The molecule has 0 spiro atoms. The van der Waals surface area contributed by atoms with Crippen molar-refractivity contribution in [2.75, 3.05) is 19.6 Å². The zero-order valence-electron chi connectivity index (χ0n) is 24.3. The maximum Gasteiger partial charge on any atom is 0.408 e. The highest BCUT2D eigenvalue weighted by Crippen LogP contribution is 2.26. The van der Waals surface area contributed by atoms with Crippen molar-refractivity contribution in [3.63, 3.8) is 0 Å². The van der Waals surface area contributed by atoms with Gasteiger partial charge in [-0.05, 0) is 59.3 Å². The van der Waals surface area contributed by atoms with Gasteiger partial charge in [0.05, 0.1) is 0 Å². The fraction of sp³-hybridized carbons (Fsp3) is 0.519. The van der Waals surface area contributed by atoms with Gasteiger partial charge in [-0.1, -0.05) is 0 Å². The number of amides is 4. The minimum absolute atomic E-state index is 0.303. The predicted molar refractivity (Wildman–Crippen MR) is 153 cm³/mol. The van der Waals surface area contributed by atoms with Crippen LogP contribution in [0, 0.1) is 0 Å². The Kier molecular flexibility index (Phi) is 11.6. The van der Waals surface area contributed by atoms with Gasteiger partial charge in [0, 0.05) is 62.4 Å². The van der Waals surface area contributed by atoms with Gasteiger partial charge >= 0.3 is 24.2 Å². The number of imidazole rings is 3. The third-order valence-corrected chi connectivity index (χ3v) is 6.31. The molecule has 4 amide bonds. The summed E-state index contributed by atoms with van der Waals surface area (Å²) < 4.78 is 9.62. The molecular weight excluding hydrogens is 544 g/mol. The first kappa shape index (κ1) is 31.8. The minimum atomic E-state index is -0.735. The van der Waals surface area contributed by atoms with E-state index >= 15 is 0 Å². The Bertz CT molecular complexity index is 1120. The van der Waals surface area contributed by atoms with Gasteiger partial charge in [-0.15, -0.1) is 0 Å². The number of carbonyl (C=O) groups is 4. The van der Waals surface area contributed by atoms with Crippen LogP contribution in [0.3, 0.4) is 0 Å². The van der Waals surface area contributed by atoms with Crippen molar-refractivity contribution in [3.05, 3.63) is 56.2 Å². The van der Waals surface area contributed by atoms with E-state index in [4.69, 9.17) is 4.74 Å². The van der Waals surface area contributed by atoms with Gasteiger partial charge in [0.25, 0.3) is 0 Å². The average Bonchev–Trinajstić information content (AvgIpc) is 3.74. The number of aromatic nitrogens is 6. The first-order valence-electron chi connectivity index (χ1n) is 13.9. The number of carbonyl (C=O) groups excluding carboxylic acids is 4. The van der Waals surface area contributed by atoms with E-state index in [2.05, 4.69) is 36.2 Å². The summed E-state index contributed by atoms with van der Waals surface area (Å²) in [7, 11) is 0. The van der Waals surface area contributed by atoms with Crippen LogP contribution < -0.4 is 21.3 Å². The Morgan fingerprint density at radius 2 is 1.00 bits per heavy atom. The second kappa shape index (κ2) is 15.3. The van der Waals surface area contributed by atoms with Gasteiger partial charge in [0.2, 0.25) is 0 Å². The number of nitrogens with one attached hydrogen (secondary N) is 4. The highest BCUT2D eigenvalue weighted by molar-refractivity contribution is 5.77. The fourth-order valence-electron chi connectivity index (χ4n) is 4.36. The Balaban J connectivity index is 1.65. The molecule has 0 aliphatic carbocycles. The summed E-state index contributed by atoms with van der Waals surface area (Å²) in [5.74, 6) is 0. The second-order valence-corrected chi connectivity index (χ2v) is 10.8. The minimum Gasteiger partial charge on any atom is -0.444 e. The van der Waals surface area contributed by atoms with Crippen LogP contribution in [0.15, 0.2) is 56.2 Å². The Labute approximate surface area is 244 Å². The largest absolute Gasteiger partial charge is 0.444 e. The number of hydrogen-bond donors (Lipinski definition) is 4. The van der Waals surface area contributed by atoms with E-state index in [1.54, 1.807) is 39.4 Å². The molecule has 0 aromatic carbocycles. The second-order valence-electron chi connectivity index (χ2n) is 10.8. The van der Waals surface area contributed by atoms with E-state index in [1.165, 1.54) is 51.3 Å². The molecule has 0 unspecified atom stereocenters. The van der Waals surface area contributed by atoms with E-state index in [0.717, 1.165) is 0 Å². The molecule has 3 heterocycles. The molecule has 3 rings (SSSR count). The molecule has 15 nitrogen and oxygen atoms in total. The van der Waals surface area contributed by atoms with Crippen molar-refractivity contribution in [2.24, 2.45) is 0 Å². The normalized spacial score (nSPS) is 11.5. The van der Waals surface area contributed by atoms with Crippen LogP contribution in [0.25, 0.3) is 0 Å². The SMILES string of the molecule is CC(C)(C)OC(=O)NC(CCCNC(=O)n1ccnc1)(CCCNC(=O)n1ccnc1)CCCNC(=O)n1ccnc1. The van der Waals surface area contributed by atoms with Gasteiger partial charge in [0.15, 0.2) is 0 Å². The van der Waals surface area contributed by atoms with Crippen molar-refractivity contribution in [1.29, 1.82) is 0 Å². The molecule has 0 aliphatic heterocycles. The van der Waals surface area contributed by atoms with Crippen molar-refractivity contribution in [1.82, 2.24) is 49.9 Å². The molecule has 0 atom stereocenters. The lowest BCUT2D eigenvalue weighted by atomic mass is 9.83. The summed E-state index contributed by atoms with van der Waals surface area (Å²) in [6.07, 6.45) is 16.1. The van der Waals surface area contributed by atoms with E-state index in [-0.39, 0.29) is 18.1 Å². The molecule has 42 heavy (non-hydrogen) atoms. The lowest BCUT2D eigenvalue weighted by molar-refractivity contribution is 0.0428. The van der Waals surface area contributed by atoms with Crippen molar-refractivity contribution < 1.29 is 23.9 Å². The summed E-state index contributed by atoms with van der Waals surface area (Å²) in [6, 6.07) is -0.909. The molecule has 15 heteroatoms. The van der Waals surface area contributed by atoms with Crippen LogP contribution in [0.2, 0.25) is 0 Å². The van der Waals surface area contributed by atoms with E-state index in [9.17, 15) is 19.2 Å². The van der Waals surface area contributed by atoms with Gasteiger partial charge < -0.3 is 26.0 Å². The molecule has 0 saturated carbocycles. The Morgan fingerprint density at radius 1 is 0.643 bits per heavy atom. The van der Waals surface area contributed by atoms with E-state index in [0.29, 0.717) is 58.2 Å². The summed E-state index contributed by atoms with van der Waals surface area (Å²) in [6.45, 7) is 6.46. The summed E-state index contributed by atoms with van der Waals surface area (Å²) in [5.41, 5.74) is -1.44. The van der Waals surface area contributed by atoms with Crippen LogP contribution in [-0.4, -0.2) is 83.6 Å². The fourth-order valence-corrected chi connectivity index (χ4v) is 4.36. The zero-order valence-corrected chi connectivity index (χ0v) is 24.3. The van der Waals surface area contributed by atoms with Crippen LogP contribution in [-0.2, 0) is 4.74 Å². The zero-order chi connectivity index (χ0) is 30.4. The molecule has 3 aromatic rings. The van der Waals surface area contributed by atoms with Gasteiger partial charge in [-0.2, -0.15) is 0 Å². The maximum atomic E-state index is 13.0. The summed E-state index contributed by atoms with van der Waals surface area (Å²) in [5, 5.41) is 11.6. The molecule has 0 bridgehead atoms. The smallest absolute Gasteiger partial charge is 0.408 e. The number of ether oxygens (including phenoxy) is 1. The van der Waals surface area contributed by atoms with Crippen LogP contribution in [0.1, 0.15) is 59.3 Å². The standard InChI is InChI=1S/C27H40N10O5/c1-26(2,3)42-25(41)34-27(7-4-10-31-22(38)35-16-13-28-19-35,8-5-11-32-23(39)36-17-14-29-20-36)9-6-12-33-24(40)37-18-15-30-21-37/h13-21H,4-12H2,1-3H3,(H,31,38)(H,32,39)(H,33,40)(H,34,41). The highest BCUT2D eigenvalue weighted by Gasteiger charge is 2.33. The molecule has 0 saturated heterocycles. The monoisotopic (exact) mass is 584 g/mol. The predicted octanol–water partition coefficient (Wildman–Crippen LogP) is 2.95. The quantitative estimate of drug-likeness (QED) is 0.221. The van der Waals surface area contributed by atoms with Gasteiger partial charge in [-0.25, -0.2) is 34.1 Å². The Morgan fingerprint density at radius 3 is 1.29 bits per heavy atom. The molecule has 4 N–H and O–H groups in total. The average molecular weight is 585 g/mol. The number of nitrogens with zero attached hydrogens (tertiary/aromatic N) is 6. The van der Waals surface area contributed by atoms with Crippen LogP contribution >= 0.6 is 0 Å². The number of alkyl carbamates (subject to hydrolysis) is 1. The van der Waals surface area contributed by atoms with Crippen molar-refractivity contribution in [3.8, 4) is 0 Å². The van der Waals surface area contributed by atoms with E-state index in [1.807, 2.05) is 0 Å². The highest BCUT2D eigenvalue weighted by atomic mass is 16.6. The third-order valence-electron chi connectivity index (χ3n) is 6.31. The first-order valence-corrected chi connectivity index (χ1v) is 13.9. The molecule has 0 fully saturated rings. The van der Waals surface area contributed by atoms with E-state index < -0.39 is 17.2 Å². The lowest BCUT2D eigenvalue weighted by Gasteiger charge is -2.36. The third kappa shape index (κ3) is 10.7.